The first-order valence-corrected chi connectivity index (χ1v) is 7.27. The van der Waals surface area contributed by atoms with E-state index in [-0.39, 0.29) is 17.0 Å². The SMILES string of the molecule is Cc1c(CC(C)C)cc(C(=O)O)c(C(=O)O)c1CC(C)C. The molecule has 1 rings (SSSR count). The zero-order valence-corrected chi connectivity index (χ0v) is 13.4. The Morgan fingerprint density at radius 3 is 1.90 bits per heavy atom. The molecule has 0 heterocycles. The van der Waals surface area contributed by atoms with Gasteiger partial charge in [-0.1, -0.05) is 27.7 Å². The van der Waals surface area contributed by atoms with E-state index in [0.717, 1.165) is 17.5 Å². The second kappa shape index (κ2) is 6.74. The fraction of sp³-hybridized carbons (Fsp3) is 0.529. The Balaban J connectivity index is 3.64. The van der Waals surface area contributed by atoms with Crippen LogP contribution >= 0.6 is 0 Å². The fourth-order valence-electron chi connectivity index (χ4n) is 2.63. The van der Waals surface area contributed by atoms with Crippen LogP contribution in [0.1, 0.15) is 65.1 Å². The van der Waals surface area contributed by atoms with Crippen LogP contribution in [0.5, 0.6) is 0 Å². The summed E-state index contributed by atoms with van der Waals surface area (Å²) in [6.07, 6.45) is 1.32. The molecule has 0 fully saturated rings. The highest BCUT2D eigenvalue weighted by Gasteiger charge is 2.24. The number of hydrogen-bond donors (Lipinski definition) is 2. The molecule has 0 aliphatic rings. The zero-order chi connectivity index (χ0) is 16.3. The molecular weight excluding hydrogens is 268 g/mol. The summed E-state index contributed by atoms with van der Waals surface area (Å²) in [6, 6.07) is 1.53. The van der Waals surface area contributed by atoms with Crippen LogP contribution in [-0.2, 0) is 12.8 Å². The van der Waals surface area contributed by atoms with E-state index in [1.54, 1.807) is 0 Å². The minimum Gasteiger partial charge on any atom is -0.478 e. The molecule has 0 bridgehead atoms. The quantitative estimate of drug-likeness (QED) is 0.836. The van der Waals surface area contributed by atoms with Gasteiger partial charge >= 0.3 is 11.9 Å². The van der Waals surface area contributed by atoms with Crippen molar-refractivity contribution in [3.8, 4) is 0 Å². The van der Waals surface area contributed by atoms with Crippen LogP contribution in [0.25, 0.3) is 0 Å². The lowest BCUT2D eigenvalue weighted by Gasteiger charge is -2.19. The van der Waals surface area contributed by atoms with Gasteiger partial charge in [-0.05, 0) is 54.4 Å². The average Bonchev–Trinajstić information content (AvgIpc) is 2.31. The summed E-state index contributed by atoms with van der Waals surface area (Å²) in [4.78, 5) is 23.0. The highest BCUT2D eigenvalue weighted by Crippen LogP contribution is 2.27. The van der Waals surface area contributed by atoms with Crippen molar-refractivity contribution < 1.29 is 19.8 Å². The third kappa shape index (κ3) is 4.06. The van der Waals surface area contributed by atoms with Gasteiger partial charge in [-0.3, -0.25) is 0 Å². The van der Waals surface area contributed by atoms with Gasteiger partial charge in [-0.2, -0.15) is 0 Å². The second-order valence-corrected chi connectivity index (χ2v) is 6.37. The first-order chi connectivity index (χ1) is 9.65. The van der Waals surface area contributed by atoms with E-state index >= 15 is 0 Å². The summed E-state index contributed by atoms with van der Waals surface area (Å²) in [5.74, 6) is -1.70. The Morgan fingerprint density at radius 2 is 1.52 bits per heavy atom. The monoisotopic (exact) mass is 292 g/mol. The molecule has 21 heavy (non-hydrogen) atoms. The molecule has 0 saturated heterocycles. The maximum Gasteiger partial charge on any atom is 0.336 e. The Morgan fingerprint density at radius 1 is 1.00 bits per heavy atom. The minimum absolute atomic E-state index is 0.0544. The van der Waals surface area contributed by atoms with Gasteiger partial charge in [0.2, 0.25) is 0 Å². The van der Waals surface area contributed by atoms with Crippen molar-refractivity contribution in [1.29, 1.82) is 0 Å². The van der Waals surface area contributed by atoms with Crippen LogP contribution in [0.15, 0.2) is 6.07 Å². The summed E-state index contributed by atoms with van der Waals surface area (Å²) >= 11 is 0. The summed E-state index contributed by atoms with van der Waals surface area (Å²) in [5.41, 5.74) is 2.36. The Bertz CT molecular complexity index is 556. The van der Waals surface area contributed by atoms with Crippen LogP contribution in [0, 0.1) is 18.8 Å². The topological polar surface area (TPSA) is 74.6 Å². The van der Waals surface area contributed by atoms with E-state index in [0.29, 0.717) is 17.9 Å². The number of carboxylic acid groups (broad SMARTS) is 2. The van der Waals surface area contributed by atoms with E-state index in [9.17, 15) is 19.8 Å². The van der Waals surface area contributed by atoms with Gasteiger partial charge in [-0.15, -0.1) is 0 Å². The maximum absolute atomic E-state index is 11.6. The molecule has 116 valence electrons. The normalized spacial score (nSPS) is 11.2. The third-order valence-electron chi connectivity index (χ3n) is 3.51. The number of hydrogen-bond acceptors (Lipinski definition) is 2. The fourth-order valence-corrected chi connectivity index (χ4v) is 2.63. The maximum atomic E-state index is 11.6. The van der Waals surface area contributed by atoms with Crippen molar-refractivity contribution in [3.63, 3.8) is 0 Å². The second-order valence-electron chi connectivity index (χ2n) is 6.37. The molecule has 0 spiro atoms. The van der Waals surface area contributed by atoms with E-state index in [4.69, 9.17) is 0 Å². The van der Waals surface area contributed by atoms with Crippen molar-refractivity contribution in [2.75, 3.05) is 0 Å². The van der Waals surface area contributed by atoms with Gasteiger partial charge in [0.1, 0.15) is 0 Å². The molecular formula is C17H24O4. The number of carbonyl (C=O) groups is 2. The predicted molar refractivity (Wildman–Crippen MR) is 82.2 cm³/mol. The molecule has 0 aromatic heterocycles. The Labute approximate surface area is 125 Å². The van der Waals surface area contributed by atoms with Crippen molar-refractivity contribution in [2.24, 2.45) is 11.8 Å². The van der Waals surface area contributed by atoms with Crippen LogP contribution < -0.4 is 0 Å². The Kier molecular flexibility index (Phi) is 5.53. The summed E-state index contributed by atoms with van der Waals surface area (Å²) in [7, 11) is 0. The van der Waals surface area contributed by atoms with Gasteiger partial charge in [0.15, 0.2) is 0 Å². The van der Waals surface area contributed by atoms with Crippen molar-refractivity contribution >= 4 is 11.9 Å². The van der Waals surface area contributed by atoms with E-state index in [1.165, 1.54) is 6.07 Å². The number of benzene rings is 1. The largest absolute Gasteiger partial charge is 0.478 e. The van der Waals surface area contributed by atoms with Gasteiger partial charge in [0.25, 0.3) is 0 Å². The zero-order valence-electron chi connectivity index (χ0n) is 13.4. The van der Waals surface area contributed by atoms with Crippen molar-refractivity contribution in [3.05, 3.63) is 33.9 Å². The Hall–Kier alpha value is -1.84. The van der Waals surface area contributed by atoms with E-state index in [1.807, 2.05) is 20.8 Å². The summed E-state index contributed by atoms with van der Waals surface area (Å²) in [5, 5.41) is 18.8. The molecule has 0 aliphatic heterocycles. The highest BCUT2D eigenvalue weighted by molar-refractivity contribution is 6.03. The molecule has 2 N–H and O–H groups in total. The molecule has 4 nitrogen and oxygen atoms in total. The molecule has 0 saturated carbocycles. The number of aromatic carboxylic acids is 2. The molecule has 0 unspecified atom stereocenters. The molecule has 1 aromatic carbocycles. The molecule has 0 radical (unpaired) electrons. The average molecular weight is 292 g/mol. The lowest BCUT2D eigenvalue weighted by molar-refractivity contribution is 0.0650. The first-order valence-electron chi connectivity index (χ1n) is 7.27. The smallest absolute Gasteiger partial charge is 0.336 e. The lowest BCUT2D eigenvalue weighted by atomic mass is 9.85. The van der Waals surface area contributed by atoms with Gasteiger partial charge in [0.05, 0.1) is 11.1 Å². The molecule has 4 heteroatoms. The van der Waals surface area contributed by atoms with E-state index in [2.05, 4.69) is 13.8 Å². The van der Waals surface area contributed by atoms with Crippen molar-refractivity contribution in [1.82, 2.24) is 0 Å². The predicted octanol–water partition coefficient (Wildman–Crippen LogP) is 3.79. The van der Waals surface area contributed by atoms with Gasteiger partial charge in [-0.25, -0.2) is 9.59 Å². The first kappa shape index (κ1) is 17.2. The molecule has 0 amide bonds. The third-order valence-corrected chi connectivity index (χ3v) is 3.51. The molecule has 0 atom stereocenters. The number of rotatable bonds is 6. The van der Waals surface area contributed by atoms with Crippen LogP contribution in [0.4, 0.5) is 0 Å². The molecule has 1 aromatic rings. The van der Waals surface area contributed by atoms with Crippen LogP contribution in [0.3, 0.4) is 0 Å². The minimum atomic E-state index is -1.18. The van der Waals surface area contributed by atoms with Gasteiger partial charge in [0, 0.05) is 0 Å². The van der Waals surface area contributed by atoms with E-state index < -0.39 is 11.9 Å². The molecule has 0 aliphatic carbocycles. The standard InChI is InChI=1S/C17H24O4/c1-9(2)6-12-8-14(16(18)19)15(17(20)21)13(11(12)5)7-10(3)4/h8-10H,6-7H2,1-5H3,(H,18,19)(H,20,21). The van der Waals surface area contributed by atoms with Crippen LogP contribution in [0.2, 0.25) is 0 Å². The number of carboxylic acids is 2. The summed E-state index contributed by atoms with van der Waals surface area (Å²) in [6.45, 7) is 10.0. The highest BCUT2D eigenvalue weighted by atomic mass is 16.4. The van der Waals surface area contributed by atoms with Crippen LogP contribution in [-0.4, -0.2) is 22.2 Å². The lowest BCUT2D eigenvalue weighted by Crippen LogP contribution is -2.16. The van der Waals surface area contributed by atoms with Gasteiger partial charge < -0.3 is 10.2 Å². The van der Waals surface area contributed by atoms with Crippen molar-refractivity contribution in [2.45, 2.75) is 47.5 Å². The summed E-state index contributed by atoms with van der Waals surface area (Å²) < 4.78 is 0.